The first-order chi connectivity index (χ1) is 14.5. The fourth-order valence-corrected chi connectivity index (χ4v) is 4.67. The van der Waals surface area contributed by atoms with Gasteiger partial charge in [0.15, 0.2) is 0 Å². The molecular formula is C23H30ClN3O2S. The van der Waals surface area contributed by atoms with Crippen molar-refractivity contribution in [2.75, 3.05) is 26.2 Å². The molecule has 162 valence electrons. The van der Waals surface area contributed by atoms with E-state index in [1.165, 1.54) is 17.7 Å². The lowest BCUT2D eigenvalue weighted by molar-refractivity contribution is -0.121. The molecule has 7 heteroatoms. The summed E-state index contributed by atoms with van der Waals surface area (Å²) in [5, 5.41) is 8.65. The van der Waals surface area contributed by atoms with Crippen LogP contribution in [0.3, 0.4) is 0 Å². The Hall–Kier alpha value is -1.89. The molecule has 30 heavy (non-hydrogen) atoms. The zero-order valence-corrected chi connectivity index (χ0v) is 19.0. The Morgan fingerprint density at radius 3 is 2.57 bits per heavy atom. The third kappa shape index (κ3) is 6.83. The maximum Gasteiger partial charge on any atom is 0.251 e. The summed E-state index contributed by atoms with van der Waals surface area (Å²) in [6, 6.07) is 11.2. The van der Waals surface area contributed by atoms with Gasteiger partial charge < -0.3 is 10.6 Å². The third-order valence-electron chi connectivity index (χ3n) is 5.60. The van der Waals surface area contributed by atoms with Crippen molar-refractivity contribution < 1.29 is 9.59 Å². The van der Waals surface area contributed by atoms with Gasteiger partial charge in [0.05, 0.1) is 6.04 Å². The van der Waals surface area contributed by atoms with Crippen molar-refractivity contribution in [3.05, 3.63) is 57.2 Å². The predicted octanol–water partition coefficient (Wildman–Crippen LogP) is 4.50. The quantitative estimate of drug-likeness (QED) is 0.556. The molecule has 1 aromatic carbocycles. The summed E-state index contributed by atoms with van der Waals surface area (Å²) in [5.74, 6) is 0.662. The number of hydrogen-bond acceptors (Lipinski definition) is 4. The number of carbonyl (C=O) groups excluding carboxylic acids is 2. The minimum Gasteiger partial charge on any atom is -0.354 e. The highest BCUT2D eigenvalue weighted by molar-refractivity contribution is 7.10. The maximum atomic E-state index is 12.4. The van der Waals surface area contributed by atoms with Crippen LogP contribution >= 0.6 is 22.9 Å². The topological polar surface area (TPSA) is 61.4 Å². The van der Waals surface area contributed by atoms with Crippen molar-refractivity contribution in [2.45, 2.75) is 38.6 Å². The number of nitrogens with zero attached hydrogens (tertiary/aromatic N) is 1. The Morgan fingerprint density at radius 2 is 1.90 bits per heavy atom. The van der Waals surface area contributed by atoms with Gasteiger partial charge in [-0.1, -0.05) is 24.6 Å². The van der Waals surface area contributed by atoms with Crippen molar-refractivity contribution >= 4 is 34.8 Å². The number of halogens is 1. The number of hydrogen-bond donors (Lipinski definition) is 2. The predicted molar refractivity (Wildman–Crippen MR) is 123 cm³/mol. The first kappa shape index (κ1) is 22.8. The van der Waals surface area contributed by atoms with Gasteiger partial charge in [0.2, 0.25) is 5.91 Å². The van der Waals surface area contributed by atoms with Crippen LogP contribution in [0.25, 0.3) is 0 Å². The molecule has 1 saturated heterocycles. The Kier molecular flexibility index (Phi) is 8.73. The van der Waals surface area contributed by atoms with Crippen molar-refractivity contribution in [1.29, 1.82) is 0 Å². The lowest BCUT2D eigenvalue weighted by Crippen LogP contribution is -2.41. The zero-order chi connectivity index (χ0) is 21.3. The number of likely N-dealkylation sites (tertiary alicyclic amines) is 1. The van der Waals surface area contributed by atoms with Gasteiger partial charge in [0.25, 0.3) is 5.91 Å². The standard InChI is InChI=1S/C23H30ClN3O2S/c1-17-10-13-27(14-11-17)20(21-4-3-15-30-21)16-26-22(28)5-2-12-25-23(29)18-6-8-19(24)9-7-18/h3-4,6-9,15,17,20H,2,5,10-14,16H2,1H3,(H,25,29)(H,26,28). The van der Waals surface area contributed by atoms with Gasteiger partial charge in [-0.25, -0.2) is 0 Å². The molecule has 2 heterocycles. The van der Waals surface area contributed by atoms with E-state index in [4.69, 9.17) is 11.6 Å². The van der Waals surface area contributed by atoms with Crippen LogP contribution in [0.5, 0.6) is 0 Å². The first-order valence-corrected chi connectivity index (χ1v) is 11.9. The average molecular weight is 448 g/mol. The van der Waals surface area contributed by atoms with Crippen LogP contribution in [-0.2, 0) is 4.79 Å². The number of nitrogens with one attached hydrogen (secondary N) is 2. The largest absolute Gasteiger partial charge is 0.354 e. The number of benzene rings is 1. The summed E-state index contributed by atoms with van der Waals surface area (Å²) < 4.78 is 0. The fourth-order valence-electron chi connectivity index (χ4n) is 3.68. The van der Waals surface area contributed by atoms with Gasteiger partial charge in [-0.2, -0.15) is 0 Å². The second-order valence-corrected chi connectivity index (χ2v) is 9.34. The molecule has 1 aromatic heterocycles. The number of thiophene rings is 1. The molecule has 2 N–H and O–H groups in total. The van der Waals surface area contributed by atoms with Crippen LogP contribution in [-0.4, -0.2) is 42.9 Å². The molecule has 0 aliphatic carbocycles. The highest BCUT2D eigenvalue weighted by Gasteiger charge is 2.25. The van der Waals surface area contributed by atoms with Gasteiger partial charge >= 0.3 is 0 Å². The van der Waals surface area contributed by atoms with Crippen LogP contribution in [0.1, 0.15) is 53.9 Å². The maximum absolute atomic E-state index is 12.4. The molecule has 1 unspecified atom stereocenters. The molecule has 1 atom stereocenters. The van der Waals surface area contributed by atoms with Crippen molar-refractivity contribution in [3.8, 4) is 0 Å². The van der Waals surface area contributed by atoms with E-state index in [2.05, 4.69) is 40.0 Å². The van der Waals surface area contributed by atoms with E-state index in [-0.39, 0.29) is 17.9 Å². The molecule has 1 fully saturated rings. The monoisotopic (exact) mass is 447 g/mol. The number of rotatable bonds is 9. The van der Waals surface area contributed by atoms with Gasteiger partial charge in [-0.05, 0) is 74.0 Å². The normalized spacial score (nSPS) is 16.2. The second kappa shape index (κ2) is 11.5. The van der Waals surface area contributed by atoms with Gasteiger partial charge in [0, 0.05) is 35.0 Å². The van der Waals surface area contributed by atoms with E-state index in [0.717, 1.165) is 19.0 Å². The SMILES string of the molecule is CC1CCN(C(CNC(=O)CCCNC(=O)c2ccc(Cl)cc2)c2cccs2)CC1. The number of amides is 2. The van der Waals surface area contributed by atoms with Crippen LogP contribution in [0.2, 0.25) is 5.02 Å². The zero-order valence-electron chi connectivity index (χ0n) is 17.4. The van der Waals surface area contributed by atoms with E-state index in [1.807, 2.05) is 0 Å². The summed E-state index contributed by atoms with van der Waals surface area (Å²) in [7, 11) is 0. The van der Waals surface area contributed by atoms with Gasteiger partial charge in [-0.3, -0.25) is 14.5 Å². The van der Waals surface area contributed by atoms with Crippen LogP contribution < -0.4 is 10.6 Å². The molecule has 5 nitrogen and oxygen atoms in total. The smallest absolute Gasteiger partial charge is 0.251 e. The molecule has 0 spiro atoms. The van der Waals surface area contributed by atoms with E-state index >= 15 is 0 Å². The van der Waals surface area contributed by atoms with Crippen LogP contribution in [0.4, 0.5) is 0 Å². The van der Waals surface area contributed by atoms with Crippen molar-refractivity contribution in [1.82, 2.24) is 15.5 Å². The summed E-state index contributed by atoms with van der Waals surface area (Å²) in [4.78, 5) is 28.2. The van der Waals surface area contributed by atoms with E-state index in [0.29, 0.717) is 36.5 Å². The van der Waals surface area contributed by atoms with Crippen molar-refractivity contribution in [2.24, 2.45) is 5.92 Å². The van der Waals surface area contributed by atoms with E-state index in [9.17, 15) is 9.59 Å². The molecule has 2 amide bonds. The molecule has 1 aliphatic heterocycles. The van der Waals surface area contributed by atoms with Gasteiger partial charge in [-0.15, -0.1) is 11.3 Å². The Labute approximate surface area is 187 Å². The Balaban J connectivity index is 1.40. The molecule has 0 bridgehead atoms. The van der Waals surface area contributed by atoms with Gasteiger partial charge in [0.1, 0.15) is 0 Å². The summed E-state index contributed by atoms with van der Waals surface area (Å²) in [6.07, 6.45) is 3.43. The summed E-state index contributed by atoms with van der Waals surface area (Å²) in [5.41, 5.74) is 0.568. The lowest BCUT2D eigenvalue weighted by atomic mass is 9.97. The summed E-state index contributed by atoms with van der Waals surface area (Å²) in [6.45, 7) is 5.57. The van der Waals surface area contributed by atoms with E-state index < -0.39 is 0 Å². The number of carbonyl (C=O) groups is 2. The second-order valence-electron chi connectivity index (χ2n) is 7.92. The lowest BCUT2D eigenvalue weighted by Gasteiger charge is -2.36. The molecule has 1 aliphatic rings. The Morgan fingerprint density at radius 1 is 1.17 bits per heavy atom. The Bertz CT molecular complexity index is 802. The van der Waals surface area contributed by atoms with Crippen LogP contribution in [0, 0.1) is 5.92 Å². The minimum absolute atomic E-state index is 0.0303. The molecule has 2 aromatic rings. The highest BCUT2D eigenvalue weighted by Crippen LogP contribution is 2.29. The number of piperidine rings is 1. The molecular weight excluding hydrogens is 418 g/mol. The van der Waals surface area contributed by atoms with Crippen molar-refractivity contribution in [3.63, 3.8) is 0 Å². The first-order valence-electron chi connectivity index (χ1n) is 10.6. The molecule has 0 radical (unpaired) electrons. The summed E-state index contributed by atoms with van der Waals surface area (Å²) >= 11 is 7.59. The average Bonchev–Trinajstić information content (AvgIpc) is 3.27. The molecule has 3 rings (SSSR count). The third-order valence-corrected chi connectivity index (χ3v) is 6.82. The minimum atomic E-state index is -0.149. The van der Waals surface area contributed by atoms with Crippen LogP contribution in [0.15, 0.2) is 41.8 Å². The fraction of sp³-hybridized carbons (Fsp3) is 0.478. The molecule has 0 saturated carbocycles. The highest BCUT2D eigenvalue weighted by atomic mass is 35.5. The van der Waals surface area contributed by atoms with E-state index in [1.54, 1.807) is 35.6 Å².